The normalized spacial score (nSPS) is 17.2. The molecule has 1 aromatic rings. The molecule has 1 fully saturated rings. The lowest BCUT2D eigenvalue weighted by Crippen LogP contribution is -2.37. The van der Waals surface area contributed by atoms with Crippen molar-refractivity contribution in [2.75, 3.05) is 6.61 Å². The fourth-order valence-electron chi connectivity index (χ4n) is 2.51. The molecule has 0 heterocycles. The topological polar surface area (TPSA) is 26.3 Å². The van der Waals surface area contributed by atoms with Gasteiger partial charge in [-0.25, -0.2) is 0 Å². The van der Waals surface area contributed by atoms with E-state index in [-0.39, 0.29) is 11.4 Å². The molecule has 0 unspecified atom stereocenters. The molecule has 2 heteroatoms. The first-order valence-electron chi connectivity index (χ1n) is 6.48. The maximum Gasteiger partial charge on any atom is 0.306 e. The van der Waals surface area contributed by atoms with Gasteiger partial charge in [0.15, 0.2) is 0 Å². The Balaban J connectivity index is 2.03. The van der Waals surface area contributed by atoms with Gasteiger partial charge in [0, 0.05) is 5.41 Å². The highest BCUT2D eigenvalue weighted by molar-refractivity contribution is 5.71. The second-order valence-electron chi connectivity index (χ2n) is 4.90. The van der Waals surface area contributed by atoms with E-state index in [1.54, 1.807) is 0 Å². The van der Waals surface area contributed by atoms with Crippen LogP contribution in [0.2, 0.25) is 0 Å². The van der Waals surface area contributed by atoms with E-state index in [4.69, 9.17) is 4.74 Å². The van der Waals surface area contributed by atoms with Crippen LogP contribution in [0.3, 0.4) is 0 Å². The molecular formula is C15H20O2. The van der Waals surface area contributed by atoms with Crippen molar-refractivity contribution in [3.63, 3.8) is 0 Å². The van der Waals surface area contributed by atoms with Crippen molar-refractivity contribution in [1.29, 1.82) is 0 Å². The Morgan fingerprint density at radius 1 is 1.29 bits per heavy atom. The van der Waals surface area contributed by atoms with Crippen LogP contribution in [0, 0.1) is 0 Å². The van der Waals surface area contributed by atoms with Crippen molar-refractivity contribution >= 4 is 5.97 Å². The van der Waals surface area contributed by atoms with E-state index in [1.807, 2.05) is 25.1 Å². The summed E-state index contributed by atoms with van der Waals surface area (Å²) in [7, 11) is 0. The van der Waals surface area contributed by atoms with Crippen LogP contribution in [0.1, 0.15) is 44.6 Å². The summed E-state index contributed by atoms with van der Waals surface area (Å²) in [6, 6.07) is 10.4. The van der Waals surface area contributed by atoms with Crippen molar-refractivity contribution in [2.45, 2.75) is 44.4 Å². The first-order valence-corrected chi connectivity index (χ1v) is 6.48. The van der Waals surface area contributed by atoms with Gasteiger partial charge >= 0.3 is 5.97 Å². The predicted octanol–water partition coefficient (Wildman–Crippen LogP) is 3.45. The standard InChI is InChI=1S/C15H20O2/c1-2-11-17-14(16)12-15(9-6-10-15)13-7-4-3-5-8-13/h3-5,7-8H,2,6,9-12H2,1H3. The van der Waals surface area contributed by atoms with E-state index < -0.39 is 0 Å². The Morgan fingerprint density at radius 2 is 2.00 bits per heavy atom. The van der Waals surface area contributed by atoms with E-state index in [0.29, 0.717) is 13.0 Å². The van der Waals surface area contributed by atoms with Gasteiger partial charge in [0.2, 0.25) is 0 Å². The molecule has 0 amide bonds. The Kier molecular flexibility index (Phi) is 3.82. The number of benzene rings is 1. The van der Waals surface area contributed by atoms with Crippen LogP contribution < -0.4 is 0 Å². The van der Waals surface area contributed by atoms with Gasteiger partial charge in [0.25, 0.3) is 0 Å². The fourth-order valence-corrected chi connectivity index (χ4v) is 2.51. The third-order valence-electron chi connectivity index (χ3n) is 3.65. The number of hydrogen-bond acceptors (Lipinski definition) is 2. The molecule has 1 saturated carbocycles. The SMILES string of the molecule is CCCOC(=O)CC1(c2ccccc2)CCC1. The van der Waals surface area contributed by atoms with Gasteiger partial charge in [0.1, 0.15) is 0 Å². The molecule has 1 aliphatic carbocycles. The minimum Gasteiger partial charge on any atom is -0.466 e. The van der Waals surface area contributed by atoms with Crippen molar-refractivity contribution < 1.29 is 9.53 Å². The predicted molar refractivity (Wildman–Crippen MR) is 67.8 cm³/mol. The Hall–Kier alpha value is -1.31. The zero-order valence-corrected chi connectivity index (χ0v) is 10.4. The zero-order chi connectivity index (χ0) is 12.1. The van der Waals surface area contributed by atoms with Crippen LogP contribution in [0.15, 0.2) is 30.3 Å². The van der Waals surface area contributed by atoms with Crippen molar-refractivity contribution in [2.24, 2.45) is 0 Å². The monoisotopic (exact) mass is 232 g/mol. The summed E-state index contributed by atoms with van der Waals surface area (Å²) in [5, 5.41) is 0. The van der Waals surface area contributed by atoms with Gasteiger partial charge in [-0.15, -0.1) is 0 Å². The molecule has 0 aromatic heterocycles. The first-order chi connectivity index (χ1) is 8.27. The summed E-state index contributed by atoms with van der Waals surface area (Å²) in [6.07, 6.45) is 4.87. The molecule has 2 rings (SSSR count). The number of rotatable bonds is 5. The van der Waals surface area contributed by atoms with E-state index in [1.165, 1.54) is 12.0 Å². The average Bonchev–Trinajstić information content (AvgIpc) is 2.32. The van der Waals surface area contributed by atoms with Crippen LogP contribution in [-0.2, 0) is 14.9 Å². The molecule has 0 N–H and O–H groups in total. The summed E-state index contributed by atoms with van der Waals surface area (Å²) in [6.45, 7) is 2.56. The summed E-state index contributed by atoms with van der Waals surface area (Å²) in [4.78, 5) is 11.8. The van der Waals surface area contributed by atoms with Gasteiger partial charge in [-0.1, -0.05) is 43.7 Å². The summed E-state index contributed by atoms with van der Waals surface area (Å²) in [5.41, 5.74) is 1.35. The molecule has 0 saturated heterocycles. The summed E-state index contributed by atoms with van der Waals surface area (Å²) < 4.78 is 5.21. The second-order valence-corrected chi connectivity index (χ2v) is 4.90. The highest BCUT2D eigenvalue weighted by atomic mass is 16.5. The van der Waals surface area contributed by atoms with E-state index in [9.17, 15) is 4.79 Å². The smallest absolute Gasteiger partial charge is 0.306 e. The van der Waals surface area contributed by atoms with E-state index >= 15 is 0 Å². The van der Waals surface area contributed by atoms with Crippen LogP contribution in [0.5, 0.6) is 0 Å². The molecule has 0 spiro atoms. The van der Waals surface area contributed by atoms with Crippen LogP contribution >= 0.6 is 0 Å². The van der Waals surface area contributed by atoms with Gasteiger partial charge in [0.05, 0.1) is 13.0 Å². The van der Waals surface area contributed by atoms with Crippen molar-refractivity contribution in [3.05, 3.63) is 35.9 Å². The third kappa shape index (κ3) is 2.68. The molecule has 17 heavy (non-hydrogen) atoms. The highest BCUT2D eigenvalue weighted by Crippen LogP contribution is 2.46. The van der Waals surface area contributed by atoms with Gasteiger partial charge < -0.3 is 4.74 Å². The Bertz CT molecular complexity index is 366. The van der Waals surface area contributed by atoms with Crippen molar-refractivity contribution in [1.82, 2.24) is 0 Å². The van der Waals surface area contributed by atoms with E-state index in [2.05, 4.69) is 12.1 Å². The first kappa shape index (κ1) is 12.2. The van der Waals surface area contributed by atoms with Crippen molar-refractivity contribution in [3.8, 4) is 0 Å². The fraction of sp³-hybridized carbons (Fsp3) is 0.533. The number of carbonyl (C=O) groups is 1. The molecule has 2 nitrogen and oxygen atoms in total. The summed E-state index contributed by atoms with van der Waals surface area (Å²) >= 11 is 0. The number of ether oxygens (including phenoxy) is 1. The Labute approximate surface area is 103 Å². The molecule has 1 aromatic carbocycles. The minimum atomic E-state index is -0.0459. The summed E-state index contributed by atoms with van der Waals surface area (Å²) in [5.74, 6) is -0.0459. The van der Waals surface area contributed by atoms with Crippen LogP contribution in [-0.4, -0.2) is 12.6 Å². The molecular weight excluding hydrogens is 212 g/mol. The van der Waals surface area contributed by atoms with Crippen LogP contribution in [0.4, 0.5) is 0 Å². The maximum atomic E-state index is 11.8. The quantitative estimate of drug-likeness (QED) is 0.727. The van der Waals surface area contributed by atoms with E-state index in [0.717, 1.165) is 19.3 Å². The average molecular weight is 232 g/mol. The third-order valence-corrected chi connectivity index (χ3v) is 3.65. The lowest BCUT2D eigenvalue weighted by molar-refractivity contribution is -0.146. The lowest BCUT2D eigenvalue weighted by atomic mass is 9.62. The van der Waals surface area contributed by atoms with Gasteiger partial charge in [-0.05, 0) is 24.8 Å². The molecule has 0 atom stereocenters. The second kappa shape index (κ2) is 5.35. The maximum absolute atomic E-state index is 11.8. The molecule has 92 valence electrons. The number of carbonyl (C=O) groups excluding carboxylic acids is 1. The largest absolute Gasteiger partial charge is 0.466 e. The molecule has 0 radical (unpaired) electrons. The zero-order valence-electron chi connectivity index (χ0n) is 10.4. The molecule has 0 bridgehead atoms. The van der Waals surface area contributed by atoms with Gasteiger partial charge in [-0.3, -0.25) is 4.79 Å². The highest BCUT2D eigenvalue weighted by Gasteiger charge is 2.40. The Morgan fingerprint density at radius 3 is 2.53 bits per heavy atom. The number of esters is 1. The van der Waals surface area contributed by atoms with Crippen LogP contribution in [0.25, 0.3) is 0 Å². The number of hydrogen-bond donors (Lipinski definition) is 0. The molecule has 0 aliphatic heterocycles. The van der Waals surface area contributed by atoms with Gasteiger partial charge in [-0.2, -0.15) is 0 Å². The lowest BCUT2D eigenvalue weighted by Gasteiger charge is -2.41. The molecule has 1 aliphatic rings. The minimum absolute atomic E-state index is 0.0459.